The van der Waals surface area contributed by atoms with Gasteiger partial charge in [0.1, 0.15) is 10.9 Å². The molecule has 12 heteroatoms. The van der Waals surface area contributed by atoms with Gasteiger partial charge >= 0.3 is 0 Å². The quantitative estimate of drug-likeness (QED) is 0.476. The minimum Gasteiger partial charge on any atom is -0.277 e. The predicted molar refractivity (Wildman–Crippen MR) is 114 cm³/mol. The Balaban J connectivity index is 1.99. The molecule has 1 heterocycles. The van der Waals surface area contributed by atoms with Gasteiger partial charge in [-0.25, -0.2) is 21.2 Å². The van der Waals surface area contributed by atoms with Crippen LogP contribution in [0.3, 0.4) is 0 Å². The molecule has 29 heavy (non-hydrogen) atoms. The van der Waals surface area contributed by atoms with Crippen molar-refractivity contribution in [3.05, 3.63) is 69.5 Å². The average molecular weight is 495 g/mol. The molecule has 3 aromatic rings. The number of hydrogen-bond donors (Lipinski definition) is 2. The number of sulfonamides is 2. The number of nitrogens with one attached hydrogen (secondary N) is 2. The van der Waals surface area contributed by atoms with E-state index in [0.717, 1.165) is 11.3 Å². The monoisotopic (exact) mass is 494 g/mol. The summed E-state index contributed by atoms with van der Waals surface area (Å²) in [6, 6.07) is 10.5. The second kappa shape index (κ2) is 8.49. The van der Waals surface area contributed by atoms with Crippen LogP contribution in [0, 0.1) is 0 Å². The Morgan fingerprint density at radius 3 is 1.90 bits per heavy atom. The molecule has 0 saturated heterocycles. The van der Waals surface area contributed by atoms with Crippen molar-refractivity contribution in [2.75, 3.05) is 9.44 Å². The van der Waals surface area contributed by atoms with Gasteiger partial charge in [-0.1, -0.05) is 41.4 Å². The highest BCUT2D eigenvalue weighted by Crippen LogP contribution is 2.35. The van der Waals surface area contributed by atoms with Gasteiger partial charge in [0.05, 0.1) is 26.3 Å². The number of alkyl halides is 1. The molecule has 0 radical (unpaired) electrons. The zero-order chi connectivity index (χ0) is 21.2. The average Bonchev–Trinajstić information content (AvgIpc) is 3.21. The third kappa shape index (κ3) is 5.01. The van der Waals surface area contributed by atoms with Crippen LogP contribution >= 0.6 is 34.5 Å². The Kier molecular flexibility index (Phi) is 6.39. The van der Waals surface area contributed by atoms with E-state index in [0.29, 0.717) is 5.56 Å². The topological polar surface area (TPSA) is 92.3 Å². The molecule has 2 N–H and O–H groups in total. The van der Waals surface area contributed by atoms with Crippen LogP contribution in [0.4, 0.5) is 15.8 Å². The summed E-state index contributed by atoms with van der Waals surface area (Å²) in [5, 5.41) is 1.65. The van der Waals surface area contributed by atoms with Crippen LogP contribution in [-0.2, 0) is 26.7 Å². The lowest BCUT2D eigenvalue weighted by Gasteiger charge is -2.15. The highest BCUT2D eigenvalue weighted by Gasteiger charge is 2.22. The summed E-state index contributed by atoms with van der Waals surface area (Å²) < 4.78 is 67.7. The molecule has 0 amide bonds. The molecule has 154 valence electrons. The SMILES string of the molecule is O=S(=O)(Nc1cc(Cl)c(Cl)cc1NS(=O)(=O)c1cccs1)c1ccc(CF)cc1. The third-order valence-corrected chi connectivity index (χ3v) is 8.56. The maximum atomic E-state index is 12.7. The van der Waals surface area contributed by atoms with Crippen LogP contribution in [-0.4, -0.2) is 16.8 Å². The standard InChI is InChI=1S/C17H13Cl2FN2O4S3/c18-13-8-15(21-28(23,24)12-5-3-11(10-20)4-6-12)16(9-14(13)19)22-29(25,26)17-2-1-7-27-17/h1-9,21-22H,10H2. The summed E-state index contributed by atoms with van der Waals surface area (Å²) >= 11 is 13.0. The lowest BCUT2D eigenvalue weighted by Crippen LogP contribution is -2.17. The Morgan fingerprint density at radius 1 is 0.862 bits per heavy atom. The van der Waals surface area contributed by atoms with Gasteiger partial charge in [-0.15, -0.1) is 11.3 Å². The van der Waals surface area contributed by atoms with Crippen LogP contribution in [0.25, 0.3) is 0 Å². The smallest absolute Gasteiger partial charge is 0.271 e. The summed E-state index contributed by atoms with van der Waals surface area (Å²) in [5.74, 6) is 0. The van der Waals surface area contributed by atoms with Crippen molar-refractivity contribution in [2.24, 2.45) is 0 Å². The van der Waals surface area contributed by atoms with Crippen molar-refractivity contribution >= 4 is 66.0 Å². The molecule has 0 aliphatic rings. The summed E-state index contributed by atoms with van der Waals surface area (Å²) in [4.78, 5) is -0.132. The van der Waals surface area contributed by atoms with Crippen LogP contribution in [0.1, 0.15) is 5.56 Å². The first-order valence-corrected chi connectivity index (χ1v) is 12.5. The summed E-state index contributed by atoms with van der Waals surface area (Å²) in [6.45, 7) is -0.727. The van der Waals surface area contributed by atoms with Crippen LogP contribution in [0.15, 0.2) is 63.0 Å². The van der Waals surface area contributed by atoms with E-state index < -0.39 is 26.7 Å². The first kappa shape index (κ1) is 21.8. The predicted octanol–water partition coefficient (Wildman–Crippen LogP) is 5.13. The zero-order valence-electron chi connectivity index (χ0n) is 14.4. The molecule has 0 bridgehead atoms. The molecule has 6 nitrogen and oxygen atoms in total. The Hall–Kier alpha value is -1.85. The zero-order valence-corrected chi connectivity index (χ0v) is 18.4. The molecular weight excluding hydrogens is 482 g/mol. The van der Waals surface area contributed by atoms with E-state index in [-0.39, 0.29) is 30.5 Å². The van der Waals surface area contributed by atoms with Crippen molar-refractivity contribution in [1.82, 2.24) is 0 Å². The van der Waals surface area contributed by atoms with Gasteiger partial charge < -0.3 is 0 Å². The van der Waals surface area contributed by atoms with E-state index in [9.17, 15) is 21.2 Å². The number of hydrogen-bond acceptors (Lipinski definition) is 5. The first-order chi connectivity index (χ1) is 13.6. The Morgan fingerprint density at radius 2 is 1.41 bits per heavy atom. The molecule has 0 unspecified atom stereocenters. The third-order valence-electron chi connectivity index (χ3n) is 3.70. The van der Waals surface area contributed by atoms with E-state index in [1.165, 1.54) is 42.5 Å². The van der Waals surface area contributed by atoms with E-state index in [2.05, 4.69) is 9.44 Å². The van der Waals surface area contributed by atoms with Gasteiger partial charge in [-0.3, -0.25) is 9.44 Å². The number of halogens is 3. The van der Waals surface area contributed by atoms with E-state index in [4.69, 9.17) is 23.2 Å². The van der Waals surface area contributed by atoms with Crippen molar-refractivity contribution in [3.8, 4) is 0 Å². The largest absolute Gasteiger partial charge is 0.277 e. The number of benzene rings is 2. The maximum absolute atomic E-state index is 12.7. The Bertz CT molecular complexity index is 1230. The van der Waals surface area contributed by atoms with Gasteiger partial charge in [0.2, 0.25) is 0 Å². The normalized spacial score (nSPS) is 12.0. The summed E-state index contributed by atoms with van der Waals surface area (Å²) in [6.07, 6.45) is 0. The fraction of sp³-hybridized carbons (Fsp3) is 0.0588. The second-order valence-electron chi connectivity index (χ2n) is 5.73. The lowest BCUT2D eigenvalue weighted by atomic mass is 10.2. The minimum atomic E-state index is -4.11. The fourth-order valence-electron chi connectivity index (χ4n) is 2.29. The van der Waals surface area contributed by atoms with Crippen molar-refractivity contribution in [2.45, 2.75) is 15.8 Å². The van der Waals surface area contributed by atoms with Crippen LogP contribution in [0.2, 0.25) is 10.0 Å². The van der Waals surface area contributed by atoms with E-state index >= 15 is 0 Å². The lowest BCUT2D eigenvalue weighted by molar-refractivity contribution is 0.485. The van der Waals surface area contributed by atoms with E-state index in [1.807, 2.05) is 0 Å². The maximum Gasteiger partial charge on any atom is 0.271 e. The highest BCUT2D eigenvalue weighted by atomic mass is 35.5. The van der Waals surface area contributed by atoms with Crippen molar-refractivity contribution in [1.29, 1.82) is 0 Å². The molecule has 0 aliphatic heterocycles. The van der Waals surface area contributed by atoms with E-state index in [1.54, 1.807) is 11.4 Å². The molecule has 2 aromatic carbocycles. The molecule has 0 aliphatic carbocycles. The number of thiophene rings is 1. The van der Waals surface area contributed by atoms with Crippen molar-refractivity contribution < 1.29 is 21.2 Å². The summed E-state index contributed by atoms with van der Waals surface area (Å²) in [5.41, 5.74) is 0.105. The summed E-state index contributed by atoms with van der Waals surface area (Å²) in [7, 11) is -8.07. The second-order valence-corrected chi connectivity index (χ2v) is 11.1. The van der Waals surface area contributed by atoms with Gasteiger partial charge in [0, 0.05) is 0 Å². The molecular formula is C17H13Cl2FN2O4S3. The minimum absolute atomic E-state index is 0.0243. The van der Waals surface area contributed by atoms with Gasteiger partial charge in [-0.2, -0.15) is 0 Å². The highest BCUT2D eigenvalue weighted by molar-refractivity contribution is 7.94. The van der Waals surface area contributed by atoms with Crippen molar-refractivity contribution in [3.63, 3.8) is 0 Å². The number of rotatable bonds is 7. The van der Waals surface area contributed by atoms with Gasteiger partial charge in [0.25, 0.3) is 20.0 Å². The molecule has 0 fully saturated rings. The molecule has 0 atom stereocenters. The fourth-order valence-corrected chi connectivity index (χ4v) is 5.75. The first-order valence-electron chi connectivity index (χ1n) is 7.85. The van der Waals surface area contributed by atoms with Crippen LogP contribution in [0.5, 0.6) is 0 Å². The van der Waals surface area contributed by atoms with Gasteiger partial charge in [0.15, 0.2) is 0 Å². The van der Waals surface area contributed by atoms with Gasteiger partial charge in [-0.05, 0) is 41.3 Å². The molecule has 0 spiro atoms. The Labute approximate surface area is 181 Å². The molecule has 1 aromatic heterocycles. The molecule has 0 saturated carbocycles. The number of anilines is 2. The van der Waals surface area contributed by atoms with Crippen LogP contribution < -0.4 is 9.44 Å². The molecule has 3 rings (SSSR count).